The van der Waals surface area contributed by atoms with Crippen molar-refractivity contribution in [1.29, 1.82) is 0 Å². The highest BCUT2D eigenvalue weighted by molar-refractivity contribution is 7.09. The van der Waals surface area contributed by atoms with Gasteiger partial charge < -0.3 is 14.2 Å². The predicted molar refractivity (Wildman–Crippen MR) is 122 cm³/mol. The summed E-state index contributed by atoms with van der Waals surface area (Å²) in [5.41, 5.74) is 2.84. The third-order valence-electron chi connectivity index (χ3n) is 5.40. The van der Waals surface area contributed by atoms with Crippen LogP contribution in [0.1, 0.15) is 23.7 Å². The Balaban J connectivity index is 1.29. The van der Waals surface area contributed by atoms with Crippen LogP contribution in [-0.4, -0.2) is 10.7 Å². The van der Waals surface area contributed by atoms with Crippen LogP contribution >= 0.6 is 11.5 Å². The van der Waals surface area contributed by atoms with Gasteiger partial charge in [-0.3, -0.25) is 9.17 Å². The number of rotatable bonds is 6. The maximum Gasteiger partial charge on any atom is 0.573 e. The van der Waals surface area contributed by atoms with E-state index in [2.05, 4.69) is 9.11 Å². The second kappa shape index (κ2) is 8.90. The number of ether oxygens (including phenoxy) is 3. The lowest BCUT2D eigenvalue weighted by molar-refractivity contribution is -0.274. The van der Waals surface area contributed by atoms with Gasteiger partial charge in [-0.05, 0) is 78.6 Å². The van der Waals surface area contributed by atoms with Crippen LogP contribution in [0.15, 0.2) is 77.6 Å². The molecule has 1 aromatic heterocycles. The fraction of sp³-hybridized carbons (Fsp3) is 0.160. The van der Waals surface area contributed by atoms with E-state index < -0.39 is 6.36 Å². The van der Waals surface area contributed by atoms with Gasteiger partial charge >= 0.3 is 6.36 Å². The lowest BCUT2D eigenvalue weighted by Gasteiger charge is -2.16. The van der Waals surface area contributed by atoms with Gasteiger partial charge in [0.25, 0.3) is 5.56 Å². The van der Waals surface area contributed by atoms with Crippen molar-refractivity contribution in [3.8, 4) is 33.4 Å². The summed E-state index contributed by atoms with van der Waals surface area (Å²) in [6, 6.07) is 20.1. The van der Waals surface area contributed by atoms with Gasteiger partial charge in [0.1, 0.15) is 29.1 Å². The fourth-order valence-electron chi connectivity index (χ4n) is 3.92. The van der Waals surface area contributed by atoms with Crippen molar-refractivity contribution in [2.24, 2.45) is 0 Å². The van der Waals surface area contributed by atoms with Crippen molar-refractivity contribution >= 4 is 11.5 Å². The standard InChI is InChI=1S/C25H18F3NO4S/c26-25(27,28)33-18-10-8-17(9-11-18)31-21-3-1-2-19-20(21)12-13-22(19)32-16-6-4-15(5-7-16)23-14-24(30)29-34-23/h1-11,14,22H,12-13H2,(H,29,30)/t22-/m1/s1. The molecule has 0 unspecified atom stereocenters. The molecule has 1 heterocycles. The minimum atomic E-state index is -4.74. The molecular weight excluding hydrogens is 467 g/mol. The summed E-state index contributed by atoms with van der Waals surface area (Å²) >= 11 is 1.29. The van der Waals surface area contributed by atoms with Crippen LogP contribution in [0.25, 0.3) is 10.4 Å². The Bertz CT molecular complexity index is 1340. The molecule has 4 aromatic rings. The number of halogens is 3. The molecule has 0 radical (unpaired) electrons. The normalized spacial score (nSPS) is 15.1. The summed E-state index contributed by atoms with van der Waals surface area (Å²) in [6.45, 7) is 0. The molecule has 0 amide bonds. The van der Waals surface area contributed by atoms with Gasteiger partial charge in [0.15, 0.2) is 0 Å². The number of hydrogen-bond donors (Lipinski definition) is 1. The van der Waals surface area contributed by atoms with E-state index in [0.29, 0.717) is 11.5 Å². The van der Waals surface area contributed by atoms with Crippen LogP contribution in [0.4, 0.5) is 13.2 Å². The molecule has 1 atom stereocenters. The van der Waals surface area contributed by atoms with Crippen LogP contribution in [0.3, 0.4) is 0 Å². The highest BCUT2D eigenvalue weighted by Crippen LogP contribution is 2.41. The van der Waals surface area contributed by atoms with E-state index in [1.54, 1.807) is 6.07 Å². The third-order valence-corrected chi connectivity index (χ3v) is 6.28. The molecule has 0 saturated heterocycles. The van der Waals surface area contributed by atoms with Crippen molar-refractivity contribution < 1.29 is 27.4 Å². The van der Waals surface area contributed by atoms with Gasteiger partial charge in [-0.25, -0.2) is 0 Å². The second-order valence-electron chi connectivity index (χ2n) is 7.69. The lowest BCUT2D eigenvalue weighted by Crippen LogP contribution is -2.16. The van der Waals surface area contributed by atoms with Crippen LogP contribution in [0.5, 0.6) is 23.0 Å². The SMILES string of the molecule is O=c1cc(-c2ccc(O[C@@H]3CCc4c(Oc5ccc(OC(F)(F)F)cc5)cccc43)cc2)s[nH]1. The van der Waals surface area contributed by atoms with E-state index in [-0.39, 0.29) is 17.4 Å². The second-order valence-corrected chi connectivity index (χ2v) is 8.54. The molecule has 5 nitrogen and oxygen atoms in total. The highest BCUT2D eigenvalue weighted by Gasteiger charge is 2.31. The Morgan fingerprint density at radius 3 is 2.29 bits per heavy atom. The monoisotopic (exact) mass is 485 g/mol. The van der Waals surface area contributed by atoms with Gasteiger partial charge in [-0.1, -0.05) is 23.7 Å². The van der Waals surface area contributed by atoms with Gasteiger partial charge in [-0.15, -0.1) is 13.2 Å². The number of hydrogen-bond acceptors (Lipinski definition) is 5. The lowest BCUT2D eigenvalue weighted by atomic mass is 10.1. The maximum absolute atomic E-state index is 12.4. The molecule has 1 aliphatic carbocycles. The summed E-state index contributed by atoms with van der Waals surface area (Å²) in [7, 11) is 0. The molecule has 0 aliphatic heterocycles. The summed E-state index contributed by atoms with van der Waals surface area (Å²) in [4.78, 5) is 12.2. The van der Waals surface area contributed by atoms with E-state index in [9.17, 15) is 18.0 Å². The molecule has 34 heavy (non-hydrogen) atoms. The van der Waals surface area contributed by atoms with E-state index in [1.165, 1.54) is 35.8 Å². The Hall–Kier alpha value is -3.72. The molecule has 1 N–H and O–H groups in total. The Labute approximate surface area is 196 Å². The van der Waals surface area contributed by atoms with Gasteiger partial charge in [0.05, 0.1) is 4.88 Å². The first kappa shape index (κ1) is 22.1. The number of fused-ring (bicyclic) bond motifs is 1. The van der Waals surface area contributed by atoms with Gasteiger partial charge in [0, 0.05) is 11.6 Å². The first-order valence-corrected chi connectivity index (χ1v) is 11.3. The number of benzene rings is 3. The Morgan fingerprint density at radius 1 is 0.912 bits per heavy atom. The summed E-state index contributed by atoms with van der Waals surface area (Å²) < 4.78 is 55.8. The minimum absolute atomic E-state index is 0.119. The smallest absolute Gasteiger partial charge is 0.486 e. The topological polar surface area (TPSA) is 60.6 Å². The molecule has 5 rings (SSSR count). The molecule has 1 aliphatic rings. The summed E-state index contributed by atoms with van der Waals surface area (Å²) in [5, 5.41) is 0. The van der Waals surface area contributed by atoms with E-state index >= 15 is 0 Å². The number of alkyl halides is 3. The van der Waals surface area contributed by atoms with E-state index in [0.717, 1.165) is 40.2 Å². The van der Waals surface area contributed by atoms with Crippen LogP contribution < -0.4 is 19.8 Å². The van der Waals surface area contributed by atoms with Crippen molar-refractivity contribution in [3.05, 3.63) is 94.3 Å². The van der Waals surface area contributed by atoms with Crippen molar-refractivity contribution in [3.63, 3.8) is 0 Å². The quantitative estimate of drug-likeness (QED) is 0.324. The first-order valence-electron chi connectivity index (χ1n) is 10.5. The first-order chi connectivity index (χ1) is 16.3. The number of aromatic amines is 1. The molecule has 0 saturated carbocycles. The molecule has 0 fully saturated rings. The zero-order chi connectivity index (χ0) is 23.7. The largest absolute Gasteiger partial charge is 0.573 e. The average molecular weight is 485 g/mol. The number of H-pyrrole nitrogens is 1. The van der Waals surface area contributed by atoms with Crippen LogP contribution in [-0.2, 0) is 6.42 Å². The van der Waals surface area contributed by atoms with Gasteiger partial charge in [0.2, 0.25) is 0 Å². The maximum atomic E-state index is 12.4. The van der Waals surface area contributed by atoms with Crippen LogP contribution in [0, 0.1) is 0 Å². The van der Waals surface area contributed by atoms with E-state index in [1.807, 2.05) is 42.5 Å². The van der Waals surface area contributed by atoms with Crippen molar-refractivity contribution in [2.45, 2.75) is 25.3 Å². The number of nitrogens with one attached hydrogen (secondary N) is 1. The molecule has 0 spiro atoms. The van der Waals surface area contributed by atoms with Crippen molar-refractivity contribution in [1.82, 2.24) is 4.37 Å². The molecule has 0 bridgehead atoms. The third kappa shape index (κ3) is 4.94. The zero-order valence-corrected chi connectivity index (χ0v) is 18.4. The predicted octanol–water partition coefficient (Wildman–Crippen LogP) is 6.86. The summed E-state index contributed by atoms with van der Waals surface area (Å²) in [6.07, 6.45) is -3.35. The van der Waals surface area contributed by atoms with Crippen LogP contribution in [0.2, 0.25) is 0 Å². The Kier molecular flexibility index (Phi) is 5.79. The van der Waals surface area contributed by atoms with E-state index in [4.69, 9.17) is 9.47 Å². The van der Waals surface area contributed by atoms with Crippen molar-refractivity contribution in [2.75, 3.05) is 0 Å². The average Bonchev–Trinajstić information content (AvgIpc) is 3.42. The molecule has 3 aromatic carbocycles. The van der Waals surface area contributed by atoms with Gasteiger partial charge in [-0.2, -0.15) is 0 Å². The zero-order valence-electron chi connectivity index (χ0n) is 17.6. The Morgan fingerprint density at radius 2 is 1.62 bits per heavy atom. The number of aromatic nitrogens is 1. The highest BCUT2D eigenvalue weighted by atomic mass is 32.1. The molecular formula is C25H18F3NO4S. The molecule has 9 heteroatoms. The molecule has 174 valence electrons. The minimum Gasteiger partial charge on any atom is -0.486 e. The fourth-order valence-corrected chi connectivity index (χ4v) is 4.61. The summed E-state index contributed by atoms with van der Waals surface area (Å²) in [5.74, 6) is 1.47.